The van der Waals surface area contributed by atoms with Gasteiger partial charge in [0.15, 0.2) is 0 Å². The number of hydrogen-bond donors (Lipinski definition) is 1. The third kappa shape index (κ3) is 3.60. The van der Waals surface area contributed by atoms with Crippen LogP contribution in [0, 0.1) is 22.7 Å². The predicted molar refractivity (Wildman–Crippen MR) is 80.4 cm³/mol. The van der Waals surface area contributed by atoms with Crippen molar-refractivity contribution in [2.75, 3.05) is 12.4 Å². The van der Waals surface area contributed by atoms with Crippen molar-refractivity contribution in [3.8, 4) is 12.1 Å². The molecule has 0 atom stereocenters. The quantitative estimate of drug-likeness (QED) is 0.911. The summed E-state index contributed by atoms with van der Waals surface area (Å²) in [5.74, 6) is 0. The van der Waals surface area contributed by atoms with Gasteiger partial charge >= 0.3 is 0 Å². The van der Waals surface area contributed by atoms with Crippen molar-refractivity contribution in [1.29, 1.82) is 10.5 Å². The van der Waals surface area contributed by atoms with Crippen LogP contribution in [-0.2, 0) is 17.9 Å². The van der Waals surface area contributed by atoms with Crippen molar-refractivity contribution in [2.45, 2.75) is 13.2 Å². The Labute approximate surface area is 124 Å². The van der Waals surface area contributed by atoms with Gasteiger partial charge in [0.05, 0.1) is 17.7 Å². The highest BCUT2D eigenvalue weighted by atomic mass is 16.5. The third-order valence-electron chi connectivity index (χ3n) is 3.16. The van der Waals surface area contributed by atoms with Gasteiger partial charge in [-0.1, -0.05) is 24.3 Å². The topological polar surface area (TPSA) is 68.8 Å². The van der Waals surface area contributed by atoms with Gasteiger partial charge in [-0.05, 0) is 29.3 Å². The molecule has 0 fully saturated rings. The van der Waals surface area contributed by atoms with Crippen molar-refractivity contribution < 1.29 is 4.74 Å². The number of nitriles is 2. The fraction of sp³-hybridized carbons (Fsp3) is 0.176. The Bertz CT molecular complexity index is 711. The summed E-state index contributed by atoms with van der Waals surface area (Å²) in [4.78, 5) is 0. The molecule has 0 radical (unpaired) electrons. The minimum absolute atomic E-state index is 0.382. The second-order valence-corrected chi connectivity index (χ2v) is 4.54. The molecule has 1 N–H and O–H groups in total. The lowest BCUT2D eigenvalue weighted by atomic mass is 10.1. The number of ether oxygens (including phenoxy) is 1. The lowest BCUT2D eigenvalue weighted by Crippen LogP contribution is -2.04. The van der Waals surface area contributed by atoms with Gasteiger partial charge in [-0.25, -0.2) is 0 Å². The van der Waals surface area contributed by atoms with E-state index in [4.69, 9.17) is 15.3 Å². The van der Waals surface area contributed by atoms with E-state index in [1.165, 1.54) is 0 Å². The van der Waals surface area contributed by atoms with Gasteiger partial charge in [-0.15, -0.1) is 0 Å². The van der Waals surface area contributed by atoms with E-state index in [9.17, 15) is 0 Å². The van der Waals surface area contributed by atoms with Gasteiger partial charge in [-0.2, -0.15) is 10.5 Å². The summed E-state index contributed by atoms with van der Waals surface area (Å²) in [7, 11) is 1.67. The molecule has 0 saturated carbocycles. The highest BCUT2D eigenvalue weighted by molar-refractivity contribution is 5.56. The normalized spacial score (nSPS) is 9.67. The zero-order valence-electron chi connectivity index (χ0n) is 11.8. The van der Waals surface area contributed by atoms with Crippen LogP contribution >= 0.6 is 0 Å². The van der Waals surface area contributed by atoms with Crippen LogP contribution in [-0.4, -0.2) is 7.11 Å². The molecule has 2 rings (SSSR count). The van der Waals surface area contributed by atoms with Crippen molar-refractivity contribution in [2.24, 2.45) is 0 Å². The smallest absolute Gasteiger partial charge is 0.101 e. The lowest BCUT2D eigenvalue weighted by molar-refractivity contribution is 0.184. The zero-order valence-corrected chi connectivity index (χ0v) is 11.8. The number of anilines is 1. The first-order valence-corrected chi connectivity index (χ1v) is 6.52. The maximum atomic E-state index is 9.03. The highest BCUT2D eigenvalue weighted by Gasteiger charge is 2.04. The molecule has 4 heteroatoms. The highest BCUT2D eigenvalue weighted by Crippen LogP contribution is 2.17. The molecular formula is C17H15N3O. The summed E-state index contributed by atoms with van der Waals surface area (Å²) in [5, 5.41) is 21.2. The van der Waals surface area contributed by atoms with Crippen LogP contribution in [0.25, 0.3) is 0 Å². The van der Waals surface area contributed by atoms with E-state index in [1.54, 1.807) is 25.3 Å². The molecule has 0 aliphatic carbocycles. The summed E-state index contributed by atoms with van der Waals surface area (Å²) in [6.45, 7) is 1.20. The molecular weight excluding hydrogens is 262 g/mol. The van der Waals surface area contributed by atoms with Crippen molar-refractivity contribution >= 4 is 5.69 Å². The minimum Gasteiger partial charge on any atom is -0.381 e. The summed E-state index contributed by atoms with van der Waals surface area (Å²) >= 11 is 0. The Kier molecular flexibility index (Phi) is 4.93. The molecule has 104 valence electrons. The molecule has 0 heterocycles. The molecule has 2 aromatic carbocycles. The second-order valence-electron chi connectivity index (χ2n) is 4.54. The van der Waals surface area contributed by atoms with Crippen LogP contribution < -0.4 is 5.32 Å². The molecule has 21 heavy (non-hydrogen) atoms. The van der Waals surface area contributed by atoms with E-state index >= 15 is 0 Å². The molecule has 0 saturated heterocycles. The van der Waals surface area contributed by atoms with Gasteiger partial charge in [-0.3, -0.25) is 0 Å². The SMILES string of the molecule is COCc1ccccc1CNc1ccc(C#N)c(C#N)c1. The van der Waals surface area contributed by atoms with E-state index < -0.39 is 0 Å². The van der Waals surface area contributed by atoms with E-state index in [2.05, 4.69) is 5.32 Å². The van der Waals surface area contributed by atoms with Gasteiger partial charge in [0.1, 0.15) is 12.1 Å². The number of methoxy groups -OCH3 is 1. The van der Waals surface area contributed by atoms with E-state index in [1.807, 2.05) is 36.4 Å². The average molecular weight is 277 g/mol. The Morgan fingerprint density at radius 3 is 2.38 bits per heavy atom. The molecule has 2 aromatic rings. The summed E-state index contributed by atoms with van der Waals surface area (Å²) in [5.41, 5.74) is 3.86. The minimum atomic E-state index is 0.382. The number of nitrogens with zero attached hydrogens (tertiary/aromatic N) is 2. The predicted octanol–water partition coefficient (Wildman–Crippen LogP) is 3.19. The number of nitrogens with one attached hydrogen (secondary N) is 1. The molecule has 4 nitrogen and oxygen atoms in total. The van der Waals surface area contributed by atoms with Crippen LogP contribution in [0.3, 0.4) is 0 Å². The summed E-state index contributed by atoms with van der Waals surface area (Å²) in [6, 6.07) is 17.2. The number of hydrogen-bond acceptors (Lipinski definition) is 4. The summed E-state index contributed by atoms with van der Waals surface area (Å²) < 4.78 is 5.18. The van der Waals surface area contributed by atoms with E-state index in [0.717, 1.165) is 16.8 Å². The molecule has 0 aliphatic rings. The fourth-order valence-electron chi connectivity index (χ4n) is 2.07. The Hall–Kier alpha value is -2.82. The fourth-order valence-corrected chi connectivity index (χ4v) is 2.07. The lowest BCUT2D eigenvalue weighted by Gasteiger charge is -2.11. The molecule has 0 aliphatic heterocycles. The van der Waals surface area contributed by atoms with Crippen LogP contribution in [0.5, 0.6) is 0 Å². The Morgan fingerprint density at radius 1 is 1.00 bits per heavy atom. The van der Waals surface area contributed by atoms with Gasteiger partial charge in [0, 0.05) is 19.3 Å². The standard InChI is InChI=1S/C17H15N3O/c1-21-12-15-5-3-2-4-14(15)11-20-17-7-6-13(9-18)16(8-17)10-19/h2-8,20H,11-12H2,1H3. The first kappa shape index (κ1) is 14.6. The average Bonchev–Trinajstić information content (AvgIpc) is 2.54. The van der Waals surface area contributed by atoms with Crippen LogP contribution in [0.4, 0.5) is 5.69 Å². The summed E-state index contributed by atoms with van der Waals surface area (Å²) in [6.07, 6.45) is 0. The largest absolute Gasteiger partial charge is 0.381 e. The van der Waals surface area contributed by atoms with E-state index in [0.29, 0.717) is 24.3 Å². The number of rotatable bonds is 5. The molecule has 0 spiro atoms. The first-order chi connectivity index (χ1) is 10.3. The van der Waals surface area contributed by atoms with Crippen molar-refractivity contribution in [3.63, 3.8) is 0 Å². The van der Waals surface area contributed by atoms with Gasteiger partial charge in [0.2, 0.25) is 0 Å². The maximum absolute atomic E-state index is 9.03. The van der Waals surface area contributed by atoms with Crippen molar-refractivity contribution in [1.82, 2.24) is 0 Å². The third-order valence-corrected chi connectivity index (χ3v) is 3.16. The van der Waals surface area contributed by atoms with Crippen molar-refractivity contribution in [3.05, 3.63) is 64.7 Å². The van der Waals surface area contributed by atoms with Gasteiger partial charge in [0.25, 0.3) is 0 Å². The zero-order chi connectivity index (χ0) is 15.1. The van der Waals surface area contributed by atoms with Crippen LogP contribution in [0.2, 0.25) is 0 Å². The molecule has 0 amide bonds. The second kappa shape index (κ2) is 7.09. The van der Waals surface area contributed by atoms with Gasteiger partial charge < -0.3 is 10.1 Å². The first-order valence-electron chi connectivity index (χ1n) is 6.52. The molecule has 0 bridgehead atoms. The molecule has 0 unspecified atom stereocenters. The van der Waals surface area contributed by atoms with E-state index in [-0.39, 0.29) is 0 Å². The Balaban J connectivity index is 2.14. The van der Waals surface area contributed by atoms with Crippen LogP contribution in [0.1, 0.15) is 22.3 Å². The van der Waals surface area contributed by atoms with Crippen LogP contribution in [0.15, 0.2) is 42.5 Å². The molecule has 0 aromatic heterocycles. The number of benzene rings is 2. The Morgan fingerprint density at radius 2 is 1.71 bits per heavy atom. The monoisotopic (exact) mass is 277 g/mol. The maximum Gasteiger partial charge on any atom is 0.101 e.